The zero-order valence-electron chi connectivity index (χ0n) is 14.1. The highest BCUT2D eigenvalue weighted by Gasteiger charge is 2.54. The topological polar surface area (TPSA) is 12.0 Å². The molecule has 2 fully saturated rings. The van der Waals surface area contributed by atoms with E-state index in [0.717, 1.165) is 24.3 Å². The maximum absolute atomic E-state index is 3.88. The Kier molecular flexibility index (Phi) is 4.47. The third-order valence-corrected chi connectivity index (χ3v) is 6.99. The Labute approximate surface area is 134 Å². The molecule has 1 N–H and O–H groups in total. The Morgan fingerprint density at radius 3 is 2.38 bits per heavy atom. The van der Waals surface area contributed by atoms with Gasteiger partial charge in [-0.05, 0) is 61.1 Å². The first-order chi connectivity index (χ1) is 10.0. The highest BCUT2D eigenvalue weighted by molar-refractivity contribution is 7.12. The van der Waals surface area contributed by atoms with Crippen molar-refractivity contribution in [2.24, 2.45) is 17.8 Å². The number of nitrogens with one attached hydrogen (secondary N) is 1. The highest BCUT2D eigenvalue weighted by Crippen LogP contribution is 2.61. The smallest absolute Gasteiger partial charge is 0.0449 e. The SMILES string of the molecule is CCCNC(c1ccc(C(C)(C)C)s1)C1C2CCCCC21. The Bertz CT molecular complexity index is 458. The molecule has 21 heavy (non-hydrogen) atoms. The monoisotopic (exact) mass is 305 g/mol. The highest BCUT2D eigenvalue weighted by atomic mass is 32.1. The van der Waals surface area contributed by atoms with E-state index >= 15 is 0 Å². The second-order valence-corrected chi connectivity index (χ2v) is 9.19. The Balaban J connectivity index is 1.77. The van der Waals surface area contributed by atoms with Gasteiger partial charge in [-0.2, -0.15) is 0 Å². The van der Waals surface area contributed by atoms with Crippen molar-refractivity contribution in [3.8, 4) is 0 Å². The van der Waals surface area contributed by atoms with Crippen LogP contribution in [0.25, 0.3) is 0 Å². The van der Waals surface area contributed by atoms with Gasteiger partial charge < -0.3 is 5.32 Å². The minimum Gasteiger partial charge on any atom is -0.309 e. The van der Waals surface area contributed by atoms with E-state index in [1.807, 2.05) is 11.3 Å². The lowest BCUT2D eigenvalue weighted by molar-refractivity contribution is 0.452. The minimum absolute atomic E-state index is 0.286. The molecule has 0 radical (unpaired) electrons. The van der Waals surface area contributed by atoms with Gasteiger partial charge in [-0.3, -0.25) is 0 Å². The van der Waals surface area contributed by atoms with E-state index in [-0.39, 0.29) is 5.41 Å². The van der Waals surface area contributed by atoms with Crippen molar-refractivity contribution < 1.29 is 0 Å². The molecule has 2 aliphatic rings. The Morgan fingerprint density at radius 2 is 1.86 bits per heavy atom. The number of thiophene rings is 1. The second-order valence-electron chi connectivity index (χ2n) is 8.07. The number of hydrogen-bond donors (Lipinski definition) is 1. The van der Waals surface area contributed by atoms with E-state index in [0.29, 0.717) is 6.04 Å². The van der Waals surface area contributed by atoms with Gasteiger partial charge in [0.1, 0.15) is 0 Å². The van der Waals surface area contributed by atoms with Gasteiger partial charge in [-0.25, -0.2) is 0 Å². The Hall–Kier alpha value is -0.340. The van der Waals surface area contributed by atoms with E-state index < -0.39 is 0 Å². The summed E-state index contributed by atoms with van der Waals surface area (Å²) in [5, 5.41) is 3.88. The zero-order valence-corrected chi connectivity index (χ0v) is 14.9. The summed E-state index contributed by atoms with van der Waals surface area (Å²) in [6, 6.07) is 5.40. The molecule has 3 rings (SSSR count). The van der Waals surface area contributed by atoms with Crippen molar-refractivity contribution in [2.45, 2.75) is 71.3 Å². The molecule has 0 amide bonds. The van der Waals surface area contributed by atoms with E-state index in [4.69, 9.17) is 0 Å². The van der Waals surface area contributed by atoms with E-state index in [1.54, 1.807) is 4.88 Å². The molecule has 3 atom stereocenters. The van der Waals surface area contributed by atoms with Gasteiger partial charge in [-0.15, -0.1) is 11.3 Å². The zero-order chi connectivity index (χ0) is 15.0. The van der Waals surface area contributed by atoms with Crippen LogP contribution in [0.3, 0.4) is 0 Å². The van der Waals surface area contributed by atoms with Gasteiger partial charge in [-0.1, -0.05) is 40.5 Å². The molecule has 2 heteroatoms. The lowest BCUT2D eigenvalue weighted by Gasteiger charge is -2.19. The average Bonchev–Trinajstić information content (AvgIpc) is 2.93. The molecule has 2 saturated carbocycles. The van der Waals surface area contributed by atoms with Crippen LogP contribution in [0.5, 0.6) is 0 Å². The molecular formula is C19H31NS. The third kappa shape index (κ3) is 3.22. The summed E-state index contributed by atoms with van der Waals surface area (Å²) in [5.41, 5.74) is 0.286. The van der Waals surface area contributed by atoms with Gasteiger partial charge >= 0.3 is 0 Å². The molecule has 2 aliphatic carbocycles. The van der Waals surface area contributed by atoms with Crippen molar-refractivity contribution in [1.29, 1.82) is 0 Å². The van der Waals surface area contributed by atoms with Crippen LogP contribution in [-0.2, 0) is 5.41 Å². The van der Waals surface area contributed by atoms with Crippen LogP contribution in [0.2, 0.25) is 0 Å². The number of fused-ring (bicyclic) bond motifs is 1. The maximum atomic E-state index is 3.88. The van der Waals surface area contributed by atoms with Crippen LogP contribution in [0.1, 0.15) is 75.6 Å². The van der Waals surface area contributed by atoms with Crippen LogP contribution in [-0.4, -0.2) is 6.54 Å². The average molecular weight is 306 g/mol. The largest absolute Gasteiger partial charge is 0.309 e. The fourth-order valence-electron chi connectivity index (χ4n) is 4.19. The van der Waals surface area contributed by atoms with Crippen LogP contribution in [0.15, 0.2) is 12.1 Å². The van der Waals surface area contributed by atoms with E-state index in [1.165, 1.54) is 37.0 Å². The standard InChI is InChI=1S/C19H31NS/c1-5-12-20-18(17-13-8-6-7-9-14(13)17)15-10-11-16(21-15)19(2,3)4/h10-11,13-14,17-18,20H,5-9,12H2,1-4H3. The van der Waals surface area contributed by atoms with Gasteiger partial charge in [0.2, 0.25) is 0 Å². The number of rotatable bonds is 5. The van der Waals surface area contributed by atoms with Crippen LogP contribution in [0, 0.1) is 17.8 Å². The quantitative estimate of drug-likeness (QED) is 0.755. The molecule has 1 nitrogen and oxygen atoms in total. The summed E-state index contributed by atoms with van der Waals surface area (Å²) in [4.78, 5) is 3.12. The summed E-state index contributed by atoms with van der Waals surface area (Å²) < 4.78 is 0. The summed E-state index contributed by atoms with van der Waals surface area (Å²) >= 11 is 2.05. The maximum Gasteiger partial charge on any atom is 0.0449 e. The molecule has 0 bridgehead atoms. The van der Waals surface area contributed by atoms with Crippen molar-refractivity contribution in [3.63, 3.8) is 0 Å². The predicted octanol–water partition coefficient (Wildman–Crippen LogP) is 5.52. The fraction of sp³-hybridized carbons (Fsp3) is 0.789. The molecule has 0 saturated heterocycles. The van der Waals surface area contributed by atoms with Crippen molar-refractivity contribution >= 4 is 11.3 Å². The molecule has 1 aromatic rings. The molecule has 0 aliphatic heterocycles. The normalized spacial score (nSPS) is 30.0. The minimum atomic E-state index is 0.286. The van der Waals surface area contributed by atoms with Crippen LogP contribution in [0.4, 0.5) is 0 Å². The molecule has 3 unspecified atom stereocenters. The fourth-order valence-corrected chi connectivity index (χ4v) is 5.39. The third-order valence-electron chi connectivity index (χ3n) is 5.39. The van der Waals surface area contributed by atoms with Crippen LogP contribution < -0.4 is 5.32 Å². The summed E-state index contributed by atoms with van der Waals surface area (Å²) in [6.45, 7) is 10.4. The molecule has 118 valence electrons. The lowest BCUT2D eigenvalue weighted by atomic mass is 9.95. The molecule has 0 spiro atoms. The summed E-state index contributed by atoms with van der Waals surface area (Å²) in [7, 11) is 0. The van der Waals surface area contributed by atoms with Gasteiger partial charge in [0, 0.05) is 15.8 Å². The van der Waals surface area contributed by atoms with E-state index in [9.17, 15) is 0 Å². The predicted molar refractivity (Wildman–Crippen MR) is 93.0 cm³/mol. The lowest BCUT2D eigenvalue weighted by Crippen LogP contribution is -2.24. The molecule has 0 aromatic carbocycles. The number of hydrogen-bond acceptors (Lipinski definition) is 2. The molecule has 1 aromatic heterocycles. The summed E-state index contributed by atoms with van der Waals surface area (Å²) in [6.07, 6.45) is 7.13. The van der Waals surface area contributed by atoms with E-state index in [2.05, 4.69) is 45.1 Å². The Morgan fingerprint density at radius 1 is 1.19 bits per heavy atom. The van der Waals surface area contributed by atoms with Crippen LogP contribution >= 0.6 is 11.3 Å². The first-order valence-corrected chi connectivity index (χ1v) is 9.67. The van der Waals surface area contributed by atoms with Crippen molar-refractivity contribution in [2.75, 3.05) is 6.54 Å². The molecule has 1 heterocycles. The van der Waals surface area contributed by atoms with Gasteiger partial charge in [0.05, 0.1) is 0 Å². The first-order valence-electron chi connectivity index (χ1n) is 8.86. The first kappa shape index (κ1) is 15.6. The van der Waals surface area contributed by atoms with Crippen molar-refractivity contribution in [3.05, 3.63) is 21.9 Å². The van der Waals surface area contributed by atoms with Gasteiger partial charge in [0.15, 0.2) is 0 Å². The summed E-state index contributed by atoms with van der Waals surface area (Å²) in [5.74, 6) is 2.96. The van der Waals surface area contributed by atoms with Crippen molar-refractivity contribution in [1.82, 2.24) is 5.32 Å². The second kappa shape index (κ2) is 6.04. The molecular weight excluding hydrogens is 274 g/mol. The van der Waals surface area contributed by atoms with Gasteiger partial charge in [0.25, 0.3) is 0 Å².